The lowest BCUT2D eigenvalue weighted by molar-refractivity contribution is 0.264. The van der Waals surface area contributed by atoms with E-state index < -0.39 is 0 Å². The van der Waals surface area contributed by atoms with Crippen LogP contribution in [0, 0.1) is 22.1 Å². The maximum Gasteiger partial charge on any atom is 0.0474 e. The van der Waals surface area contributed by atoms with Crippen molar-refractivity contribution in [3.8, 4) is 10.8 Å². The van der Waals surface area contributed by atoms with Gasteiger partial charge in [0.25, 0.3) is 0 Å². The van der Waals surface area contributed by atoms with Gasteiger partial charge in [-0.05, 0) is 24.1 Å². The summed E-state index contributed by atoms with van der Waals surface area (Å²) in [6.07, 6.45) is 1.04. The minimum Gasteiger partial charge on any atom is -0.396 e. The van der Waals surface area contributed by atoms with Crippen LogP contribution in [0.1, 0.15) is 13.3 Å². The minimum absolute atomic E-state index is 0.109. The number of halogens is 1. The molecule has 0 amide bonds. The van der Waals surface area contributed by atoms with Crippen LogP contribution >= 0.6 is 15.9 Å². The number of hydrogen-bond acceptors (Lipinski definition) is 1. The third kappa shape index (κ3) is 1.28. The van der Waals surface area contributed by atoms with E-state index in [1.54, 1.807) is 0 Å². The Morgan fingerprint density at radius 2 is 2.56 bits per heavy atom. The predicted molar refractivity (Wildman–Crippen MR) is 40.0 cm³/mol. The Labute approximate surface area is 63.6 Å². The summed E-state index contributed by atoms with van der Waals surface area (Å²) < 4.78 is 0. The number of rotatable bonds is 1. The minimum atomic E-state index is 0.109. The van der Waals surface area contributed by atoms with Crippen molar-refractivity contribution in [2.45, 2.75) is 13.3 Å². The molecule has 0 aromatic heterocycles. The average molecular weight is 189 g/mol. The maximum atomic E-state index is 8.69. The molecule has 50 valence electrons. The molecule has 0 radical (unpaired) electrons. The van der Waals surface area contributed by atoms with Crippen molar-refractivity contribution in [2.24, 2.45) is 11.3 Å². The second-order valence-corrected chi connectivity index (χ2v) is 3.12. The van der Waals surface area contributed by atoms with Crippen molar-refractivity contribution >= 4 is 15.9 Å². The van der Waals surface area contributed by atoms with Gasteiger partial charge >= 0.3 is 0 Å². The molecule has 1 aliphatic rings. The molecule has 0 spiro atoms. The van der Waals surface area contributed by atoms with Crippen LogP contribution in [0.25, 0.3) is 0 Å². The van der Waals surface area contributed by atoms with Crippen molar-refractivity contribution in [3.63, 3.8) is 0 Å². The van der Waals surface area contributed by atoms with Crippen LogP contribution in [0.2, 0.25) is 0 Å². The second-order valence-electron chi connectivity index (χ2n) is 2.72. The molecule has 0 bridgehead atoms. The van der Waals surface area contributed by atoms with E-state index in [2.05, 4.69) is 33.6 Å². The average Bonchev–Trinajstić information content (AvgIpc) is 2.43. The summed E-state index contributed by atoms with van der Waals surface area (Å²) in [5.74, 6) is 3.42. The predicted octanol–water partition coefficient (Wildman–Crippen LogP) is 1.36. The van der Waals surface area contributed by atoms with Crippen LogP contribution in [0.15, 0.2) is 0 Å². The normalized spacial score (nSPS) is 39.2. The topological polar surface area (TPSA) is 20.2 Å². The summed E-state index contributed by atoms with van der Waals surface area (Å²) >= 11 is 3.04. The van der Waals surface area contributed by atoms with Gasteiger partial charge in [0.1, 0.15) is 0 Å². The van der Waals surface area contributed by atoms with Gasteiger partial charge in [-0.1, -0.05) is 5.92 Å². The van der Waals surface area contributed by atoms with Gasteiger partial charge in [-0.2, -0.15) is 0 Å². The van der Waals surface area contributed by atoms with E-state index in [1.807, 2.05) is 0 Å². The molecule has 1 saturated carbocycles. The van der Waals surface area contributed by atoms with Gasteiger partial charge in [0.2, 0.25) is 0 Å². The Balaban J connectivity index is 2.49. The fourth-order valence-corrected chi connectivity index (χ4v) is 1.43. The second kappa shape index (κ2) is 2.32. The molecule has 1 fully saturated rings. The van der Waals surface area contributed by atoms with E-state index in [0.29, 0.717) is 5.92 Å². The third-order valence-electron chi connectivity index (χ3n) is 1.96. The SMILES string of the molecule is C[C@@]1(C#CBr)C[C@H]1CO. The summed E-state index contributed by atoms with van der Waals surface area (Å²) in [5, 5.41) is 8.69. The zero-order valence-electron chi connectivity index (χ0n) is 5.32. The van der Waals surface area contributed by atoms with Gasteiger partial charge in [-0.15, -0.1) is 0 Å². The smallest absolute Gasteiger partial charge is 0.0474 e. The van der Waals surface area contributed by atoms with E-state index in [4.69, 9.17) is 5.11 Å². The van der Waals surface area contributed by atoms with Crippen LogP contribution in [-0.4, -0.2) is 11.7 Å². The van der Waals surface area contributed by atoms with E-state index in [1.165, 1.54) is 0 Å². The molecule has 1 N–H and O–H groups in total. The lowest BCUT2D eigenvalue weighted by Crippen LogP contribution is -1.96. The Bertz CT molecular complexity index is 167. The van der Waals surface area contributed by atoms with E-state index in [-0.39, 0.29) is 12.0 Å². The summed E-state index contributed by atoms with van der Waals surface area (Å²) in [4.78, 5) is 2.69. The van der Waals surface area contributed by atoms with Gasteiger partial charge < -0.3 is 5.11 Å². The van der Waals surface area contributed by atoms with Gasteiger partial charge in [0, 0.05) is 28.0 Å². The molecule has 2 atom stereocenters. The molecule has 0 aliphatic heterocycles. The highest BCUT2D eigenvalue weighted by Crippen LogP contribution is 2.51. The van der Waals surface area contributed by atoms with Gasteiger partial charge in [-0.3, -0.25) is 0 Å². The van der Waals surface area contributed by atoms with Gasteiger partial charge in [0.05, 0.1) is 0 Å². The Hall–Kier alpha value is -0.0000000000000000208. The van der Waals surface area contributed by atoms with Crippen molar-refractivity contribution in [2.75, 3.05) is 6.61 Å². The van der Waals surface area contributed by atoms with E-state index in [0.717, 1.165) is 6.42 Å². The quantitative estimate of drug-likeness (QED) is 0.617. The molecule has 0 saturated heterocycles. The molecule has 0 aromatic rings. The van der Waals surface area contributed by atoms with Crippen LogP contribution in [0.4, 0.5) is 0 Å². The molecule has 1 rings (SSSR count). The molecule has 0 unspecified atom stereocenters. The molecular weight excluding hydrogens is 180 g/mol. The Morgan fingerprint density at radius 3 is 2.89 bits per heavy atom. The molecule has 1 aliphatic carbocycles. The Kier molecular flexibility index (Phi) is 1.83. The maximum absolute atomic E-state index is 8.69. The molecule has 9 heavy (non-hydrogen) atoms. The first-order chi connectivity index (χ1) is 4.23. The van der Waals surface area contributed by atoms with E-state index >= 15 is 0 Å². The Morgan fingerprint density at radius 1 is 1.89 bits per heavy atom. The summed E-state index contributed by atoms with van der Waals surface area (Å²) in [5.41, 5.74) is 0.109. The third-order valence-corrected chi connectivity index (χ3v) is 2.16. The number of hydrogen-bond donors (Lipinski definition) is 1. The van der Waals surface area contributed by atoms with Crippen LogP contribution in [0.3, 0.4) is 0 Å². The van der Waals surface area contributed by atoms with Crippen molar-refractivity contribution < 1.29 is 5.11 Å². The summed E-state index contributed by atoms with van der Waals surface area (Å²) in [6, 6.07) is 0. The van der Waals surface area contributed by atoms with Crippen LogP contribution in [-0.2, 0) is 0 Å². The molecule has 0 aromatic carbocycles. The highest BCUT2D eigenvalue weighted by Gasteiger charge is 2.48. The van der Waals surface area contributed by atoms with Crippen LogP contribution in [0.5, 0.6) is 0 Å². The first kappa shape index (κ1) is 7.11. The van der Waals surface area contributed by atoms with Gasteiger partial charge in [0.15, 0.2) is 0 Å². The number of aliphatic hydroxyl groups is 1. The van der Waals surface area contributed by atoms with Gasteiger partial charge in [-0.25, -0.2) is 0 Å². The van der Waals surface area contributed by atoms with Crippen LogP contribution < -0.4 is 0 Å². The number of aliphatic hydroxyl groups excluding tert-OH is 1. The highest BCUT2D eigenvalue weighted by molar-refractivity contribution is 9.12. The highest BCUT2D eigenvalue weighted by atomic mass is 79.9. The standard InChI is InChI=1S/C7H9BrO/c1-7(2-3-8)4-6(7)5-9/h6,9H,4-5H2,1H3/t6-,7+/m0/s1. The zero-order chi connectivity index (χ0) is 6.91. The monoisotopic (exact) mass is 188 g/mol. The summed E-state index contributed by atoms with van der Waals surface area (Å²) in [7, 11) is 0. The van der Waals surface area contributed by atoms with E-state index in [9.17, 15) is 0 Å². The fraction of sp³-hybridized carbons (Fsp3) is 0.714. The molecule has 2 heteroatoms. The van der Waals surface area contributed by atoms with Crippen molar-refractivity contribution in [1.82, 2.24) is 0 Å². The lowest BCUT2D eigenvalue weighted by atomic mass is 10.1. The lowest BCUT2D eigenvalue weighted by Gasteiger charge is -1.95. The molecular formula is C7H9BrO. The first-order valence-corrected chi connectivity index (χ1v) is 3.76. The molecule has 0 heterocycles. The fourth-order valence-electron chi connectivity index (χ4n) is 0.980. The zero-order valence-corrected chi connectivity index (χ0v) is 6.90. The first-order valence-electron chi connectivity index (χ1n) is 2.96. The largest absolute Gasteiger partial charge is 0.396 e. The summed E-state index contributed by atoms with van der Waals surface area (Å²) in [6.45, 7) is 2.35. The molecule has 1 nitrogen and oxygen atoms in total. The van der Waals surface area contributed by atoms with Crippen molar-refractivity contribution in [1.29, 1.82) is 0 Å². The van der Waals surface area contributed by atoms with Crippen molar-refractivity contribution in [3.05, 3.63) is 0 Å².